The van der Waals surface area contributed by atoms with E-state index in [-0.39, 0.29) is 29.7 Å². The SMILES string of the molecule is CCNC(=NCc1cccc(OC)c1O)NC1CCN(Cc2ccsc2)CC1.I. The summed E-state index contributed by atoms with van der Waals surface area (Å²) in [7, 11) is 1.55. The first-order chi connectivity index (χ1) is 13.7. The fraction of sp³-hybridized carbons (Fsp3) is 0.476. The van der Waals surface area contributed by atoms with Crippen LogP contribution in [0, 0.1) is 0 Å². The Hall–Kier alpha value is -1.52. The molecule has 2 heterocycles. The zero-order chi connectivity index (χ0) is 19.8. The largest absolute Gasteiger partial charge is 0.504 e. The number of thiophene rings is 1. The molecule has 1 aliphatic heterocycles. The van der Waals surface area contributed by atoms with E-state index < -0.39 is 0 Å². The van der Waals surface area contributed by atoms with Gasteiger partial charge in [-0.2, -0.15) is 11.3 Å². The van der Waals surface area contributed by atoms with Crippen molar-refractivity contribution in [1.82, 2.24) is 15.5 Å². The number of phenols is 1. The summed E-state index contributed by atoms with van der Waals surface area (Å²) in [4.78, 5) is 7.17. The molecule has 1 aliphatic rings. The van der Waals surface area contributed by atoms with Crippen LogP contribution in [0.3, 0.4) is 0 Å². The Morgan fingerprint density at radius 1 is 1.31 bits per heavy atom. The monoisotopic (exact) mass is 530 g/mol. The van der Waals surface area contributed by atoms with E-state index in [9.17, 15) is 5.11 Å². The summed E-state index contributed by atoms with van der Waals surface area (Å²) in [5, 5.41) is 21.5. The molecule has 3 rings (SSSR count). The maximum atomic E-state index is 10.2. The van der Waals surface area contributed by atoms with Crippen LogP contribution in [0.4, 0.5) is 0 Å². The van der Waals surface area contributed by atoms with Crippen molar-refractivity contribution < 1.29 is 9.84 Å². The first kappa shape index (κ1) is 23.8. The Labute approximate surface area is 194 Å². The number of guanidine groups is 1. The first-order valence-corrected chi connectivity index (χ1v) is 10.8. The maximum absolute atomic E-state index is 10.2. The van der Waals surface area contributed by atoms with Gasteiger partial charge in [0.15, 0.2) is 17.5 Å². The van der Waals surface area contributed by atoms with Crippen molar-refractivity contribution in [3.63, 3.8) is 0 Å². The van der Waals surface area contributed by atoms with Gasteiger partial charge in [-0.3, -0.25) is 4.90 Å². The zero-order valence-electron chi connectivity index (χ0n) is 17.1. The topological polar surface area (TPSA) is 69.1 Å². The second-order valence-corrected chi connectivity index (χ2v) is 7.77. The number of hydrogen-bond acceptors (Lipinski definition) is 5. The fourth-order valence-corrected chi connectivity index (χ4v) is 4.07. The molecule has 8 heteroatoms. The average molecular weight is 530 g/mol. The number of hydrogen-bond donors (Lipinski definition) is 3. The third-order valence-corrected chi connectivity index (χ3v) is 5.70. The van der Waals surface area contributed by atoms with Crippen molar-refractivity contribution in [2.24, 2.45) is 4.99 Å². The van der Waals surface area contributed by atoms with Gasteiger partial charge in [0, 0.05) is 37.8 Å². The van der Waals surface area contributed by atoms with E-state index in [0.29, 0.717) is 18.3 Å². The Bertz CT molecular complexity index is 762. The van der Waals surface area contributed by atoms with Crippen LogP contribution in [0.15, 0.2) is 40.0 Å². The van der Waals surface area contributed by atoms with Gasteiger partial charge in [0.1, 0.15) is 0 Å². The van der Waals surface area contributed by atoms with E-state index >= 15 is 0 Å². The number of piperidine rings is 1. The standard InChI is InChI=1S/C21H30N4O2S.HI/c1-3-22-21(23-13-17-5-4-6-19(27-2)20(17)26)24-18-7-10-25(11-8-18)14-16-9-12-28-15-16;/h4-6,9,12,15,18,26H,3,7-8,10-11,13-14H2,1-2H3,(H2,22,23,24);1H. The molecule has 0 atom stereocenters. The number of likely N-dealkylation sites (tertiary alicyclic amines) is 1. The molecule has 160 valence electrons. The third-order valence-electron chi connectivity index (χ3n) is 4.97. The van der Waals surface area contributed by atoms with Gasteiger partial charge in [0.05, 0.1) is 13.7 Å². The number of rotatable bonds is 7. The summed E-state index contributed by atoms with van der Waals surface area (Å²) in [5.41, 5.74) is 2.16. The van der Waals surface area contributed by atoms with Gasteiger partial charge in [-0.25, -0.2) is 4.99 Å². The van der Waals surface area contributed by atoms with E-state index in [4.69, 9.17) is 4.74 Å². The van der Waals surface area contributed by atoms with Gasteiger partial charge in [-0.05, 0) is 48.2 Å². The van der Waals surface area contributed by atoms with Gasteiger partial charge in [-0.15, -0.1) is 24.0 Å². The van der Waals surface area contributed by atoms with Crippen molar-refractivity contribution >= 4 is 41.3 Å². The predicted octanol–water partition coefficient (Wildman–Crippen LogP) is 3.80. The number of nitrogens with zero attached hydrogens (tertiary/aromatic N) is 2. The zero-order valence-corrected chi connectivity index (χ0v) is 20.2. The molecule has 0 aliphatic carbocycles. The Balaban J connectivity index is 0.00000300. The summed E-state index contributed by atoms with van der Waals surface area (Å²) in [6, 6.07) is 8.10. The van der Waals surface area contributed by atoms with Gasteiger partial charge < -0.3 is 20.5 Å². The van der Waals surface area contributed by atoms with Crippen molar-refractivity contribution in [2.45, 2.75) is 38.9 Å². The number of nitrogens with one attached hydrogen (secondary N) is 2. The van der Waals surface area contributed by atoms with Gasteiger partial charge in [0.25, 0.3) is 0 Å². The number of ether oxygens (including phenoxy) is 1. The average Bonchev–Trinajstić information content (AvgIpc) is 3.22. The van der Waals surface area contributed by atoms with E-state index in [2.05, 4.69) is 44.3 Å². The van der Waals surface area contributed by atoms with Crippen LogP contribution < -0.4 is 15.4 Å². The second kappa shape index (κ2) is 12.2. The molecule has 3 N–H and O–H groups in total. The van der Waals surface area contributed by atoms with Crippen molar-refractivity contribution in [3.05, 3.63) is 46.2 Å². The number of benzene rings is 1. The number of aliphatic imine (C=N–C) groups is 1. The molecule has 0 bridgehead atoms. The van der Waals surface area contributed by atoms with Crippen LogP contribution in [0.5, 0.6) is 11.5 Å². The van der Waals surface area contributed by atoms with E-state index in [1.54, 1.807) is 24.5 Å². The minimum Gasteiger partial charge on any atom is -0.504 e. The minimum atomic E-state index is 0. The molecule has 0 radical (unpaired) electrons. The Morgan fingerprint density at radius 3 is 2.76 bits per heavy atom. The van der Waals surface area contributed by atoms with Crippen molar-refractivity contribution in [1.29, 1.82) is 0 Å². The van der Waals surface area contributed by atoms with Gasteiger partial charge in [0.2, 0.25) is 0 Å². The highest BCUT2D eigenvalue weighted by molar-refractivity contribution is 14.0. The molecule has 29 heavy (non-hydrogen) atoms. The number of aromatic hydroxyl groups is 1. The molecular weight excluding hydrogens is 499 g/mol. The lowest BCUT2D eigenvalue weighted by Crippen LogP contribution is -2.48. The summed E-state index contributed by atoms with van der Waals surface area (Å²) < 4.78 is 5.18. The first-order valence-electron chi connectivity index (χ1n) is 9.82. The molecule has 0 spiro atoms. The number of phenolic OH excluding ortho intramolecular Hbond substituents is 1. The maximum Gasteiger partial charge on any atom is 0.191 e. The van der Waals surface area contributed by atoms with Crippen LogP contribution >= 0.6 is 35.3 Å². The van der Waals surface area contributed by atoms with E-state index in [1.165, 1.54) is 5.56 Å². The summed E-state index contributed by atoms with van der Waals surface area (Å²) in [6.07, 6.45) is 2.19. The molecule has 0 unspecified atom stereocenters. The molecule has 0 amide bonds. The van der Waals surface area contributed by atoms with Crippen LogP contribution in [0.2, 0.25) is 0 Å². The highest BCUT2D eigenvalue weighted by atomic mass is 127. The minimum absolute atomic E-state index is 0. The van der Waals surface area contributed by atoms with Crippen molar-refractivity contribution in [2.75, 3.05) is 26.7 Å². The summed E-state index contributed by atoms with van der Waals surface area (Å²) >= 11 is 1.76. The van der Waals surface area contributed by atoms with Crippen molar-refractivity contribution in [3.8, 4) is 11.5 Å². The highest BCUT2D eigenvalue weighted by Gasteiger charge is 2.20. The van der Waals surface area contributed by atoms with Gasteiger partial charge in [-0.1, -0.05) is 12.1 Å². The molecule has 1 fully saturated rings. The fourth-order valence-electron chi connectivity index (χ4n) is 3.41. The quantitative estimate of drug-likeness (QED) is 0.289. The highest BCUT2D eigenvalue weighted by Crippen LogP contribution is 2.29. The molecule has 2 aromatic rings. The summed E-state index contributed by atoms with van der Waals surface area (Å²) in [5.74, 6) is 1.43. The molecule has 1 aromatic carbocycles. The third kappa shape index (κ3) is 7.04. The Morgan fingerprint density at radius 2 is 2.10 bits per heavy atom. The van der Waals surface area contributed by atoms with Gasteiger partial charge >= 0.3 is 0 Å². The molecule has 0 saturated carbocycles. The number of halogens is 1. The smallest absolute Gasteiger partial charge is 0.191 e. The lowest BCUT2D eigenvalue weighted by Gasteiger charge is -2.33. The van der Waals surface area contributed by atoms with E-state index in [0.717, 1.165) is 50.5 Å². The predicted molar refractivity (Wildman–Crippen MR) is 131 cm³/mol. The Kier molecular flexibility index (Phi) is 10.0. The van der Waals surface area contributed by atoms with Crippen LogP contribution in [0.1, 0.15) is 30.9 Å². The van der Waals surface area contributed by atoms with Crippen LogP contribution in [-0.2, 0) is 13.1 Å². The lowest BCUT2D eigenvalue weighted by atomic mass is 10.0. The second-order valence-electron chi connectivity index (χ2n) is 6.99. The number of para-hydroxylation sites is 1. The van der Waals surface area contributed by atoms with E-state index in [1.807, 2.05) is 12.1 Å². The molecule has 1 aromatic heterocycles. The molecule has 1 saturated heterocycles. The summed E-state index contributed by atoms with van der Waals surface area (Å²) in [6.45, 7) is 6.47. The van der Waals surface area contributed by atoms with Crippen LogP contribution in [0.25, 0.3) is 0 Å². The molecule has 6 nitrogen and oxygen atoms in total. The normalized spacial score (nSPS) is 15.6. The molecular formula is C21H31IN4O2S. The number of methoxy groups -OCH3 is 1. The lowest BCUT2D eigenvalue weighted by molar-refractivity contribution is 0.198. The van der Waals surface area contributed by atoms with Crippen LogP contribution in [-0.4, -0.2) is 48.8 Å².